The van der Waals surface area contributed by atoms with E-state index in [0.717, 1.165) is 33.8 Å². The topological polar surface area (TPSA) is 24.0 Å². The number of benzene rings is 5. The van der Waals surface area contributed by atoms with Gasteiger partial charge in [-0.25, -0.2) is 0 Å². The van der Waals surface area contributed by atoms with Crippen LogP contribution in [0.1, 0.15) is 5.56 Å². The van der Waals surface area contributed by atoms with Crippen molar-refractivity contribution >= 4 is 89.2 Å². The Morgan fingerprint density at radius 2 is 1.48 bits per heavy atom. The number of rotatable bonds is 6. The van der Waals surface area contributed by atoms with Crippen LogP contribution in [0.15, 0.2) is 132 Å². The van der Waals surface area contributed by atoms with E-state index in [1.54, 1.807) is 23.1 Å². The first-order chi connectivity index (χ1) is 20.7. The molecule has 5 heteroatoms. The molecule has 0 spiro atoms. The van der Waals surface area contributed by atoms with Gasteiger partial charge in [0.2, 0.25) is 0 Å². The molecule has 0 aliphatic rings. The van der Waals surface area contributed by atoms with E-state index in [1.165, 1.54) is 42.3 Å². The van der Waals surface area contributed by atoms with Gasteiger partial charge in [-0.3, -0.25) is 0 Å². The van der Waals surface area contributed by atoms with Crippen LogP contribution in [0.5, 0.6) is 0 Å². The van der Waals surface area contributed by atoms with Gasteiger partial charge >= 0.3 is 0 Å². The molecule has 8 rings (SSSR count). The van der Waals surface area contributed by atoms with Crippen molar-refractivity contribution in [2.75, 3.05) is 11.2 Å². The number of hydrogen-bond acceptors (Lipinski definition) is 3. The van der Waals surface area contributed by atoms with Gasteiger partial charge in [-0.2, -0.15) is 0 Å². The normalized spacial score (nSPS) is 11.6. The molecule has 0 saturated heterocycles. The highest BCUT2D eigenvalue weighted by atomic mass is 32.2. The standard InChI is InChI=1S/C37H27N3S2/c1-3-24-21-33-31(23-34(24)41-2)36-37(30-22-35-25(18-19-42-35)20-32(30)38-36)40(33)29-16-14-28(15-17-29)39(26-10-6-4-7-11-26)27-12-8-5-9-13-27/h3-23,38H,1H2,2H3. The Bertz CT molecular complexity index is 2200. The second kappa shape index (κ2) is 9.98. The summed E-state index contributed by atoms with van der Waals surface area (Å²) < 4.78 is 3.72. The lowest BCUT2D eigenvalue weighted by atomic mass is 10.1. The van der Waals surface area contributed by atoms with Crippen LogP contribution in [0.4, 0.5) is 17.1 Å². The summed E-state index contributed by atoms with van der Waals surface area (Å²) >= 11 is 3.55. The molecule has 3 heterocycles. The van der Waals surface area contributed by atoms with Gasteiger partial charge in [-0.15, -0.1) is 23.1 Å². The fourth-order valence-corrected chi connectivity index (χ4v) is 7.54. The van der Waals surface area contributed by atoms with E-state index < -0.39 is 0 Å². The highest BCUT2D eigenvalue weighted by Gasteiger charge is 2.20. The monoisotopic (exact) mass is 577 g/mol. The summed E-state index contributed by atoms with van der Waals surface area (Å²) in [6.07, 6.45) is 4.09. The van der Waals surface area contributed by atoms with Gasteiger partial charge in [0.05, 0.1) is 16.6 Å². The molecule has 0 aliphatic heterocycles. The molecule has 42 heavy (non-hydrogen) atoms. The summed E-state index contributed by atoms with van der Waals surface area (Å²) in [7, 11) is 0. The minimum absolute atomic E-state index is 1.11. The van der Waals surface area contributed by atoms with Gasteiger partial charge in [0.15, 0.2) is 0 Å². The first-order valence-electron chi connectivity index (χ1n) is 13.9. The van der Waals surface area contributed by atoms with Gasteiger partial charge in [-0.1, -0.05) is 49.1 Å². The number of aromatic amines is 1. The van der Waals surface area contributed by atoms with Crippen molar-refractivity contribution in [2.24, 2.45) is 0 Å². The number of fused-ring (bicyclic) bond motifs is 6. The van der Waals surface area contributed by atoms with E-state index in [1.807, 2.05) is 6.08 Å². The van der Waals surface area contributed by atoms with Gasteiger partial charge in [0, 0.05) is 48.6 Å². The van der Waals surface area contributed by atoms with Gasteiger partial charge in [-0.05, 0) is 101 Å². The molecule has 8 aromatic rings. The molecule has 0 saturated carbocycles. The Labute approximate surface area is 252 Å². The molecular weight excluding hydrogens is 551 g/mol. The zero-order chi connectivity index (χ0) is 28.2. The molecule has 0 amide bonds. The van der Waals surface area contributed by atoms with Crippen molar-refractivity contribution in [3.05, 3.63) is 133 Å². The Morgan fingerprint density at radius 1 is 0.786 bits per heavy atom. The maximum Gasteiger partial charge on any atom is 0.0798 e. The minimum atomic E-state index is 1.11. The first kappa shape index (κ1) is 25.0. The van der Waals surface area contributed by atoms with E-state index in [9.17, 15) is 0 Å². The maximum atomic E-state index is 4.12. The van der Waals surface area contributed by atoms with Crippen LogP contribution in [0.2, 0.25) is 0 Å². The summed E-state index contributed by atoms with van der Waals surface area (Å²) in [6, 6.07) is 41.4. The highest BCUT2D eigenvalue weighted by molar-refractivity contribution is 7.98. The van der Waals surface area contributed by atoms with E-state index in [-0.39, 0.29) is 0 Å². The number of H-pyrrole nitrogens is 1. The molecule has 0 unspecified atom stereocenters. The lowest BCUT2D eigenvalue weighted by Crippen LogP contribution is -2.09. The summed E-state index contributed by atoms with van der Waals surface area (Å²) in [5, 5.41) is 5.90. The number of anilines is 3. The van der Waals surface area contributed by atoms with Crippen LogP contribution < -0.4 is 4.90 Å². The molecule has 0 fully saturated rings. The number of hydrogen-bond donors (Lipinski definition) is 1. The molecule has 202 valence electrons. The van der Waals surface area contributed by atoms with Crippen molar-refractivity contribution in [3.63, 3.8) is 0 Å². The smallest absolute Gasteiger partial charge is 0.0798 e. The number of thiophene rings is 1. The molecule has 5 aromatic carbocycles. The Balaban J connectivity index is 1.38. The van der Waals surface area contributed by atoms with Gasteiger partial charge in [0.1, 0.15) is 0 Å². The Kier molecular flexibility index (Phi) is 5.95. The first-order valence-corrected chi connectivity index (χ1v) is 16.0. The fourth-order valence-electron chi connectivity index (χ4n) is 6.11. The third kappa shape index (κ3) is 3.89. The van der Waals surface area contributed by atoms with Crippen molar-refractivity contribution < 1.29 is 0 Å². The summed E-state index contributed by atoms with van der Waals surface area (Å²) in [6.45, 7) is 4.12. The molecule has 0 bridgehead atoms. The van der Waals surface area contributed by atoms with Crippen LogP contribution in [0, 0.1) is 0 Å². The van der Waals surface area contributed by atoms with Crippen LogP contribution in [-0.2, 0) is 0 Å². The summed E-state index contributed by atoms with van der Waals surface area (Å²) in [5.74, 6) is 0. The Morgan fingerprint density at radius 3 is 2.14 bits per heavy atom. The molecular formula is C37H27N3S2. The molecule has 3 nitrogen and oxygen atoms in total. The molecule has 1 N–H and O–H groups in total. The quantitative estimate of drug-likeness (QED) is 0.199. The van der Waals surface area contributed by atoms with Gasteiger partial charge in [0.25, 0.3) is 0 Å². The van der Waals surface area contributed by atoms with Crippen LogP contribution in [0.25, 0.3) is 54.7 Å². The van der Waals surface area contributed by atoms with E-state index >= 15 is 0 Å². The van der Waals surface area contributed by atoms with Crippen molar-refractivity contribution in [3.8, 4) is 5.69 Å². The number of para-hydroxylation sites is 2. The number of nitrogens with zero attached hydrogens (tertiary/aromatic N) is 2. The lowest BCUT2D eigenvalue weighted by Gasteiger charge is -2.25. The Hall–Kier alpha value is -4.71. The predicted molar refractivity (Wildman–Crippen MR) is 185 cm³/mol. The summed E-state index contributed by atoms with van der Waals surface area (Å²) in [4.78, 5) is 7.32. The predicted octanol–water partition coefficient (Wildman–Crippen LogP) is 11.3. The van der Waals surface area contributed by atoms with Crippen molar-refractivity contribution in [2.45, 2.75) is 4.90 Å². The zero-order valence-electron chi connectivity index (χ0n) is 23.0. The number of aromatic nitrogens is 2. The van der Waals surface area contributed by atoms with Crippen LogP contribution in [-0.4, -0.2) is 15.8 Å². The summed E-state index contributed by atoms with van der Waals surface area (Å²) in [5.41, 5.74) is 10.4. The molecule has 0 radical (unpaired) electrons. The van der Waals surface area contributed by atoms with Crippen LogP contribution in [0.3, 0.4) is 0 Å². The minimum Gasteiger partial charge on any atom is -0.353 e. The molecule has 0 atom stereocenters. The third-order valence-electron chi connectivity index (χ3n) is 8.04. The van der Waals surface area contributed by atoms with E-state index in [4.69, 9.17) is 0 Å². The average Bonchev–Trinajstić information content (AvgIpc) is 3.73. The molecule has 3 aromatic heterocycles. The molecule has 0 aliphatic carbocycles. The second-order valence-corrected chi connectivity index (χ2v) is 12.2. The van der Waals surface area contributed by atoms with Crippen molar-refractivity contribution in [1.29, 1.82) is 0 Å². The SMILES string of the molecule is C=Cc1cc2c(cc1SC)c1[nH]c3cc4ccsc4cc3c1n2-c1ccc(N(c2ccccc2)c2ccccc2)cc1. The second-order valence-electron chi connectivity index (χ2n) is 10.4. The number of thioether (sulfide) groups is 1. The average molecular weight is 578 g/mol. The van der Waals surface area contributed by atoms with Crippen LogP contribution >= 0.6 is 23.1 Å². The fraction of sp³-hybridized carbons (Fsp3) is 0.0270. The maximum absolute atomic E-state index is 4.12. The van der Waals surface area contributed by atoms with Gasteiger partial charge < -0.3 is 14.5 Å². The largest absolute Gasteiger partial charge is 0.353 e. The van der Waals surface area contributed by atoms with E-state index in [2.05, 4.69) is 148 Å². The highest BCUT2D eigenvalue weighted by Crippen LogP contribution is 2.42. The number of nitrogens with one attached hydrogen (secondary N) is 1. The van der Waals surface area contributed by atoms with E-state index in [0.29, 0.717) is 0 Å². The lowest BCUT2D eigenvalue weighted by molar-refractivity contribution is 1.18. The van der Waals surface area contributed by atoms with Crippen molar-refractivity contribution in [1.82, 2.24) is 9.55 Å². The third-order valence-corrected chi connectivity index (χ3v) is 9.71. The zero-order valence-corrected chi connectivity index (χ0v) is 24.7.